The maximum absolute atomic E-state index is 13.3. The lowest BCUT2D eigenvalue weighted by molar-refractivity contribution is 0.186. The van der Waals surface area contributed by atoms with Crippen LogP contribution in [-0.4, -0.2) is 36.6 Å². The second-order valence-electron chi connectivity index (χ2n) is 8.25. The molecule has 1 aromatic heterocycles. The van der Waals surface area contributed by atoms with Gasteiger partial charge in [-0.05, 0) is 60.6 Å². The quantitative estimate of drug-likeness (QED) is 0.561. The van der Waals surface area contributed by atoms with Gasteiger partial charge in [0.2, 0.25) is 10.0 Å². The number of piperidine rings is 1. The first-order valence-corrected chi connectivity index (χ1v) is 13.1. The number of aromatic nitrogens is 1. The predicted octanol–water partition coefficient (Wildman–Crippen LogP) is 4.05. The van der Waals surface area contributed by atoms with Crippen molar-refractivity contribution in [1.82, 2.24) is 8.87 Å². The number of rotatable bonds is 4. The molecule has 1 saturated heterocycles. The third-order valence-electron chi connectivity index (χ3n) is 6.35. The molecule has 160 valence electrons. The molecule has 2 aliphatic rings. The Morgan fingerprint density at radius 2 is 1.65 bits per heavy atom. The smallest absolute Gasteiger partial charge is 0.258 e. The highest BCUT2D eigenvalue weighted by atomic mass is 32.2. The van der Waals surface area contributed by atoms with Crippen molar-refractivity contribution in [2.75, 3.05) is 19.3 Å². The van der Waals surface area contributed by atoms with Crippen molar-refractivity contribution in [2.24, 2.45) is 5.92 Å². The molecule has 2 unspecified atom stereocenters. The molecule has 2 aliphatic heterocycles. The van der Waals surface area contributed by atoms with Gasteiger partial charge in [-0.25, -0.2) is 8.42 Å². The van der Waals surface area contributed by atoms with Crippen LogP contribution in [0.25, 0.3) is 11.1 Å². The number of benzene rings is 2. The SMILES string of the molecule is CSc1ccc(-c2ccc3n(c2=O)CC2CC3CN(S(=O)(=O)c3ccccc3)C2)cc1. The summed E-state index contributed by atoms with van der Waals surface area (Å²) >= 11 is 1.67. The minimum Gasteiger partial charge on any atom is -0.311 e. The van der Waals surface area contributed by atoms with Crippen molar-refractivity contribution >= 4 is 21.8 Å². The molecule has 0 spiro atoms. The maximum atomic E-state index is 13.3. The first kappa shape index (κ1) is 20.5. The summed E-state index contributed by atoms with van der Waals surface area (Å²) in [5.41, 5.74) is 2.58. The summed E-state index contributed by atoms with van der Waals surface area (Å²) in [5, 5.41) is 0. The van der Waals surface area contributed by atoms with Gasteiger partial charge in [0, 0.05) is 41.7 Å². The van der Waals surface area contributed by atoms with Gasteiger partial charge in [0.25, 0.3) is 5.56 Å². The van der Waals surface area contributed by atoms with Crippen LogP contribution in [0.3, 0.4) is 0 Å². The van der Waals surface area contributed by atoms with Gasteiger partial charge >= 0.3 is 0 Å². The van der Waals surface area contributed by atoms with Crippen molar-refractivity contribution in [1.29, 1.82) is 0 Å². The minimum absolute atomic E-state index is 0.0171. The average molecular weight is 453 g/mol. The largest absolute Gasteiger partial charge is 0.311 e. The van der Waals surface area contributed by atoms with E-state index in [4.69, 9.17) is 0 Å². The Hall–Kier alpha value is -2.35. The van der Waals surface area contributed by atoms with Gasteiger partial charge in [0.05, 0.1) is 4.90 Å². The van der Waals surface area contributed by atoms with Crippen LogP contribution in [0.5, 0.6) is 0 Å². The predicted molar refractivity (Wildman–Crippen MR) is 124 cm³/mol. The zero-order valence-electron chi connectivity index (χ0n) is 17.3. The molecule has 0 aliphatic carbocycles. The van der Waals surface area contributed by atoms with Crippen LogP contribution in [0.15, 0.2) is 81.3 Å². The third kappa shape index (κ3) is 3.64. The molecule has 0 N–H and O–H groups in total. The summed E-state index contributed by atoms with van der Waals surface area (Å²) in [6, 6.07) is 20.6. The highest BCUT2D eigenvalue weighted by Gasteiger charge is 2.39. The summed E-state index contributed by atoms with van der Waals surface area (Å²) in [5.74, 6) is 0.170. The summed E-state index contributed by atoms with van der Waals surface area (Å²) in [7, 11) is -3.53. The van der Waals surface area contributed by atoms with Crippen LogP contribution in [0.1, 0.15) is 18.0 Å². The number of nitrogens with zero attached hydrogens (tertiary/aromatic N) is 2. The molecule has 1 fully saturated rings. The summed E-state index contributed by atoms with van der Waals surface area (Å²) in [6.45, 7) is 1.42. The standard InChI is InChI=1S/C24H24N2O3S2/c1-30-20-9-7-18(8-10-20)22-11-12-23-19-13-17(15-26(23)24(22)27)14-25(16-19)31(28,29)21-5-3-2-4-6-21/h2-12,17,19H,13-16H2,1H3. The van der Waals surface area contributed by atoms with Crippen molar-refractivity contribution in [3.63, 3.8) is 0 Å². The van der Waals surface area contributed by atoms with Crippen molar-refractivity contribution in [3.05, 3.63) is 82.8 Å². The molecule has 2 aromatic carbocycles. The van der Waals surface area contributed by atoms with E-state index in [9.17, 15) is 13.2 Å². The summed E-state index contributed by atoms with van der Waals surface area (Å²) in [6.07, 6.45) is 2.95. The molecule has 3 aromatic rings. The molecule has 0 saturated carbocycles. The number of thioether (sulfide) groups is 1. The van der Waals surface area contributed by atoms with Gasteiger partial charge in [0.1, 0.15) is 0 Å². The number of sulfonamides is 1. The van der Waals surface area contributed by atoms with Gasteiger partial charge < -0.3 is 4.57 Å². The zero-order valence-corrected chi connectivity index (χ0v) is 18.9. The fourth-order valence-electron chi connectivity index (χ4n) is 4.83. The van der Waals surface area contributed by atoms with Crippen LogP contribution in [0.2, 0.25) is 0 Å². The zero-order chi connectivity index (χ0) is 21.6. The average Bonchev–Trinajstić information content (AvgIpc) is 2.80. The van der Waals surface area contributed by atoms with Crippen LogP contribution in [0, 0.1) is 5.92 Å². The van der Waals surface area contributed by atoms with Gasteiger partial charge in [-0.15, -0.1) is 11.8 Å². The first-order chi connectivity index (χ1) is 15.0. The number of fused-ring (bicyclic) bond motifs is 4. The van der Waals surface area contributed by atoms with Crippen molar-refractivity contribution < 1.29 is 8.42 Å². The van der Waals surface area contributed by atoms with E-state index in [-0.39, 0.29) is 17.4 Å². The summed E-state index contributed by atoms with van der Waals surface area (Å²) < 4.78 is 29.8. The molecular weight excluding hydrogens is 428 g/mol. The van der Waals surface area contributed by atoms with E-state index in [0.717, 1.165) is 22.6 Å². The van der Waals surface area contributed by atoms with Crippen molar-refractivity contribution in [3.8, 4) is 11.1 Å². The fraction of sp³-hybridized carbons (Fsp3) is 0.292. The van der Waals surface area contributed by atoms with Gasteiger partial charge in [-0.2, -0.15) is 4.31 Å². The van der Waals surface area contributed by atoms with E-state index in [1.54, 1.807) is 40.3 Å². The molecule has 0 amide bonds. The van der Waals surface area contributed by atoms with E-state index >= 15 is 0 Å². The van der Waals surface area contributed by atoms with E-state index in [1.165, 1.54) is 0 Å². The maximum Gasteiger partial charge on any atom is 0.258 e. The Morgan fingerprint density at radius 1 is 0.903 bits per heavy atom. The second-order valence-corrected chi connectivity index (χ2v) is 11.1. The minimum atomic E-state index is -3.53. The lowest BCUT2D eigenvalue weighted by Gasteiger charge is -2.42. The number of pyridine rings is 1. The van der Waals surface area contributed by atoms with Gasteiger partial charge in [0.15, 0.2) is 0 Å². The Kier molecular flexibility index (Phi) is 5.28. The van der Waals surface area contributed by atoms with E-state index < -0.39 is 10.0 Å². The van der Waals surface area contributed by atoms with Gasteiger partial charge in [-0.3, -0.25) is 4.79 Å². The fourth-order valence-corrected chi connectivity index (χ4v) is 6.82. The van der Waals surface area contributed by atoms with Crippen LogP contribution in [-0.2, 0) is 16.6 Å². The van der Waals surface area contributed by atoms with Crippen LogP contribution in [0.4, 0.5) is 0 Å². The normalized spacial score (nSPS) is 20.9. The molecule has 0 radical (unpaired) electrons. The lowest BCUT2D eigenvalue weighted by atomic mass is 9.84. The van der Waals surface area contributed by atoms with Crippen LogP contribution >= 0.6 is 11.8 Å². The Bertz CT molecular complexity index is 1270. The molecule has 5 nitrogen and oxygen atoms in total. The highest BCUT2D eigenvalue weighted by Crippen LogP contribution is 2.37. The topological polar surface area (TPSA) is 59.4 Å². The molecular formula is C24H24N2O3S2. The Labute approximate surface area is 186 Å². The van der Waals surface area contributed by atoms with E-state index in [2.05, 4.69) is 0 Å². The Morgan fingerprint density at radius 3 is 2.35 bits per heavy atom. The number of hydrogen-bond donors (Lipinski definition) is 0. The summed E-state index contributed by atoms with van der Waals surface area (Å²) in [4.78, 5) is 14.8. The van der Waals surface area contributed by atoms with E-state index in [1.807, 2.05) is 53.3 Å². The highest BCUT2D eigenvalue weighted by molar-refractivity contribution is 7.98. The molecule has 31 heavy (non-hydrogen) atoms. The molecule has 7 heteroatoms. The first-order valence-electron chi connectivity index (χ1n) is 10.4. The molecule has 2 atom stereocenters. The molecule has 3 heterocycles. The van der Waals surface area contributed by atoms with Crippen LogP contribution < -0.4 is 5.56 Å². The van der Waals surface area contributed by atoms with Crippen molar-refractivity contribution in [2.45, 2.75) is 28.7 Å². The van der Waals surface area contributed by atoms with E-state index in [0.29, 0.717) is 30.1 Å². The molecule has 2 bridgehead atoms. The number of hydrogen-bond acceptors (Lipinski definition) is 4. The lowest BCUT2D eigenvalue weighted by Crippen LogP contribution is -2.49. The Balaban J connectivity index is 1.48. The monoisotopic (exact) mass is 452 g/mol. The second kappa shape index (κ2) is 7.97. The third-order valence-corrected chi connectivity index (χ3v) is 8.94. The van der Waals surface area contributed by atoms with Gasteiger partial charge in [-0.1, -0.05) is 30.3 Å². The molecule has 5 rings (SSSR count).